The highest BCUT2D eigenvalue weighted by molar-refractivity contribution is 5.87. The van der Waals surface area contributed by atoms with Gasteiger partial charge in [-0.15, -0.1) is 0 Å². The third kappa shape index (κ3) is 16.9. The zero-order chi connectivity index (χ0) is 17.5. The molecule has 6 heteroatoms. The van der Waals surface area contributed by atoms with Crippen LogP contribution in [0.15, 0.2) is 0 Å². The molecule has 28 heavy (non-hydrogen) atoms. The van der Waals surface area contributed by atoms with Crippen molar-refractivity contribution in [2.75, 3.05) is 33.9 Å². The van der Waals surface area contributed by atoms with Crippen molar-refractivity contribution in [2.45, 2.75) is 78.7 Å². The monoisotopic (exact) mass is 410 g/mol. The van der Waals surface area contributed by atoms with Gasteiger partial charge < -0.3 is 10.2 Å². The molecule has 0 aliphatic heterocycles. The second kappa shape index (κ2) is 20.5. The lowest BCUT2D eigenvalue weighted by Gasteiger charge is -2.31. The number of ketones is 2. The minimum absolute atomic E-state index is 0. The van der Waals surface area contributed by atoms with Crippen LogP contribution in [0.5, 0.6) is 0 Å². The Morgan fingerprint density at radius 1 is 0.964 bits per heavy atom. The molecule has 0 saturated carbocycles. The summed E-state index contributed by atoms with van der Waals surface area (Å²) >= 11 is 0. The van der Waals surface area contributed by atoms with Gasteiger partial charge in [0, 0.05) is 25.3 Å². The van der Waals surface area contributed by atoms with Crippen LogP contribution in [0.4, 0.5) is 0 Å². The van der Waals surface area contributed by atoms with Crippen molar-refractivity contribution >= 4 is 17.5 Å². The third-order valence-corrected chi connectivity index (χ3v) is 3.98. The van der Waals surface area contributed by atoms with Crippen molar-refractivity contribution < 1.29 is 18.9 Å². The highest BCUT2D eigenvalue weighted by atomic mass is 16.1. The summed E-state index contributed by atoms with van der Waals surface area (Å²) in [6, 6.07) is 0. The molecule has 0 fully saturated rings. The molecule has 0 spiro atoms. The molecule has 0 aromatic carbocycles. The maximum atomic E-state index is 11.9. The fourth-order valence-corrected chi connectivity index (χ4v) is 3.09. The predicted molar refractivity (Wildman–Crippen MR) is 127 cm³/mol. The van der Waals surface area contributed by atoms with Gasteiger partial charge in [-0.3, -0.25) is 19.7 Å². The summed E-state index contributed by atoms with van der Waals surface area (Å²) in [5.41, 5.74) is 5.42. The Morgan fingerprint density at radius 2 is 1.39 bits per heavy atom. The van der Waals surface area contributed by atoms with Crippen molar-refractivity contribution in [3.05, 3.63) is 0 Å². The number of carbonyl (C=O) groups excluding carboxylic acids is 3. The zero-order valence-corrected chi connectivity index (χ0v) is 14.8. The first-order valence-electron chi connectivity index (χ1n) is 7.83. The molecule has 1 amide bonds. The summed E-state index contributed by atoms with van der Waals surface area (Å²) in [5.74, 6) is -1.05. The summed E-state index contributed by atoms with van der Waals surface area (Å²) in [7, 11) is 3.94. The van der Waals surface area contributed by atoms with Crippen LogP contribution in [0, 0.1) is 17.8 Å². The number of nitrogens with zero attached hydrogens (tertiary/aromatic N) is 1. The van der Waals surface area contributed by atoms with Crippen molar-refractivity contribution in [2.24, 2.45) is 23.5 Å². The second-order valence-corrected chi connectivity index (χ2v) is 6.94. The molecule has 6 nitrogen and oxygen atoms in total. The largest absolute Gasteiger partial charge is 0.369 e. The number of primary amides is 1. The molecule has 0 aromatic rings. The van der Waals surface area contributed by atoms with E-state index < -0.39 is 11.8 Å². The number of rotatable bonds is 11. The number of nitrogens with two attached hydrogens (primary N) is 1. The summed E-state index contributed by atoms with van der Waals surface area (Å²) < 4.78 is 0.541. The number of nitrogens with one attached hydrogen (secondary N) is 1. The number of quaternary nitrogens is 1. The number of likely N-dealkylation sites (N-methyl/N-ethyl adjacent to an activating group) is 1. The van der Waals surface area contributed by atoms with Gasteiger partial charge in [0.2, 0.25) is 5.91 Å². The molecule has 3 unspecified atom stereocenters. The van der Waals surface area contributed by atoms with Crippen molar-refractivity contribution in [3.63, 3.8) is 0 Å². The Bertz CT molecular complexity index is 410. The van der Waals surface area contributed by atoms with Gasteiger partial charge in [0.15, 0.2) is 5.78 Å². The van der Waals surface area contributed by atoms with Gasteiger partial charge in [0.25, 0.3) is 0 Å². The van der Waals surface area contributed by atoms with Gasteiger partial charge >= 0.3 is 0 Å². The highest BCUT2D eigenvalue weighted by Gasteiger charge is 2.33. The average molecular weight is 411 g/mol. The Hall–Kier alpha value is -1.27. The lowest BCUT2D eigenvalue weighted by atomic mass is 9.78. The van der Waals surface area contributed by atoms with Gasteiger partial charge in [-0.25, -0.2) is 0 Å². The van der Waals surface area contributed by atoms with E-state index in [9.17, 15) is 14.4 Å². The highest BCUT2D eigenvalue weighted by Crippen LogP contribution is 2.24. The SMILES string of the molecule is C.C.C.C.C.C.CCC(C(N)=O)C(C(C)=O)C(C)CNC[N+](C)(C)CC(C)=O. The Morgan fingerprint density at radius 3 is 1.68 bits per heavy atom. The fourth-order valence-electron chi connectivity index (χ4n) is 3.09. The molecule has 0 aliphatic carbocycles. The quantitative estimate of drug-likeness (QED) is 0.391. The topological polar surface area (TPSA) is 89.3 Å². The van der Waals surface area contributed by atoms with Crippen LogP contribution in [-0.4, -0.2) is 55.8 Å². The molecular formula is C22H56N3O3+. The van der Waals surface area contributed by atoms with Crippen LogP contribution >= 0.6 is 0 Å². The van der Waals surface area contributed by atoms with E-state index in [0.29, 0.717) is 30.7 Å². The van der Waals surface area contributed by atoms with Crippen LogP contribution in [0.1, 0.15) is 78.7 Å². The van der Waals surface area contributed by atoms with E-state index in [1.165, 1.54) is 6.92 Å². The second-order valence-electron chi connectivity index (χ2n) is 6.94. The summed E-state index contributed by atoms with van der Waals surface area (Å²) in [6.45, 7) is 8.61. The predicted octanol–water partition coefficient (Wildman–Crippen LogP) is 4.37. The zero-order valence-electron chi connectivity index (χ0n) is 14.8. The summed E-state index contributed by atoms with van der Waals surface area (Å²) in [4.78, 5) is 34.7. The molecule has 0 aliphatic rings. The fraction of sp³-hybridized carbons (Fsp3) is 0.864. The third-order valence-electron chi connectivity index (χ3n) is 3.98. The Labute approximate surface area is 178 Å². The minimum Gasteiger partial charge on any atom is -0.369 e. The lowest BCUT2D eigenvalue weighted by Crippen LogP contribution is -2.50. The van der Waals surface area contributed by atoms with Gasteiger partial charge in [-0.2, -0.15) is 0 Å². The standard InChI is InChI=1S/C16H31N3O3.6CH4/c1-7-14(16(17)22)15(13(4)21)11(2)8-18-10-19(5,6)9-12(3)20;;;;;;/h11,14-15,18H,7-10H2,1-6H3,(H-,17,22);6*1H4/p+1. The molecule has 0 radical (unpaired) electrons. The van der Waals surface area contributed by atoms with Crippen LogP contribution in [0.3, 0.4) is 0 Å². The van der Waals surface area contributed by atoms with Gasteiger partial charge in [-0.1, -0.05) is 58.4 Å². The number of hydrogen-bond donors (Lipinski definition) is 2. The van der Waals surface area contributed by atoms with Crippen molar-refractivity contribution in [1.82, 2.24) is 5.32 Å². The normalized spacial score (nSPS) is 12.5. The summed E-state index contributed by atoms with van der Waals surface area (Å²) in [5, 5.41) is 3.30. The van der Waals surface area contributed by atoms with Gasteiger partial charge in [0.05, 0.1) is 14.1 Å². The lowest BCUT2D eigenvalue weighted by molar-refractivity contribution is -0.885. The van der Waals surface area contributed by atoms with Crippen molar-refractivity contribution in [1.29, 1.82) is 0 Å². The Kier molecular flexibility index (Phi) is 33.2. The average Bonchev–Trinajstić information content (AvgIpc) is 2.32. The molecule has 3 atom stereocenters. The van der Waals surface area contributed by atoms with E-state index >= 15 is 0 Å². The summed E-state index contributed by atoms with van der Waals surface area (Å²) in [6.07, 6.45) is 0.565. The van der Waals surface area contributed by atoms with E-state index in [2.05, 4.69) is 5.32 Å². The molecule has 0 rings (SSSR count). The van der Waals surface area contributed by atoms with Crippen molar-refractivity contribution in [3.8, 4) is 0 Å². The molecule has 0 heterocycles. The molecule has 0 bridgehead atoms. The maximum absolute atomic E-state index is 11.9. The van der Waals surface area contributed by atoms with Gasteiger partial charge in [-0.05, 0) is 19.3 Å². The van der Waals surface area contributed by atoms with Crippen LogP contribution in [0.2, 0.25) is 0 Å². The molecular weight excluding hydrogens is 354 g/mol. The van der Waals surface area contributed by atoms with E-state index in [0.717, 1.165) is 0 Å². The maximum Gasteiger partial charge on any atom is 0.221 e. The number of carbonyl (C=O) groups is 3. The van der Waals surface area contributed by atoms with E-state index in [4.69, 9.17) is 5.73 Å². The van der Waals surface area contributed by atoms with Crippen LogP contribution < -0.4 is 11.1 Å². The van der Waals surface area contributed by atoms with E-state index in [-0.39, 0.29) is 68.0 Å². The first-order chi connectivity index (χ1) is 10.0. The molecule has 3 N–H and O–H groups in total. The smallest absolute Gasteiger partial charge is 0.221 e. The minimum atomic E-state index is -0.422. The number of amides is 1. The number of Topliss-reactive ketones (excluding diaryl/α,β-unsaturated/α-hetero) is 2. The first-order valence-corrected chi connectivity index (χ1v) is 7.83. The van der Waals surface area contributed by atoms with E-state index in [1.54, 1.807) is 6.92 Å². The molecule has 0 aromatic heterocycles. The molecule has 176 valence electrons. The molecule has 0 saturated heterocycles. The van der Waals surface area contributed by atoms with Crippen LogP contribution in [0.25, 0.3) is 0 Å². The van der Waals surface area contributed by atoms with Gasteiger partial charge in [0.1, 0.15) is 19.0 Å². The van der Waals surface area contributed by atoms with E-state index in [1.807, 2.05) is 27.9 Å². The van der Waals surface area contributed by atoms with Crippen LogP contribution in [-0.2, 0) is 14.4 Å². The first kappa shape index (κ1) is 45.5. The number of hydrogen-bond acceptors (Lipinski definition) is 4. The Balaban J connectivity index is -0.000000147.